The van der Waals surface area contributed by atoms with E-state index in [0.29, 0.717) is 0 Å². The van der Waals surface area contributed by atoms with Crippen molar-refractivity contribution in [3.05, 3.63) is 146 Å². The second kappa shape index (κ2) is 40.3. The van der Waals surface area contributed by atoms with Gasteiger partial charge in [0, 0.05) is 0 Å². The minimum absolute atomic E-state index is 0. The number of fused-ring (bicyclic) bond motifs is 4. The molecule has 0 aliphatic heterocycles. The molecule has 0 unspecified atom stereocenters. The zero-order valence-corrected chi connectivity index (χ0v) is 53.8. The van der Waals surface area contributed by atoms with Gasteiger partial charge in [-0.1, -0.05) is 145 Å². The van der Waals surface area contributed by atoms with Gasteiger partial charge in [0.15, 0.2) is 0 Å². The molecule has 8 aromatic carbocycles. The van der Waals surface area contributed by atoms with Crippen LogP contribution in [0.15, 0.2) is 146 Å². The first-order valence-electron chi connectivity index (χ1n) is 26.7. The smallest absolute Gasteiger partial charge is 1.00 e. The molecule has 0 aromatic heterocycles. The average molecular weight is 1150 g/mol. The summed E-state index contributed by atoms with van der Waals surface area (Å²) in [5.41, 5.74) is 0. The first-order chi connectivity index (χ1) is 33.2. The minimum atomic E-state index is 0. The molecule has 8 rings (SSSR count). The quantitative estimate of drug-likeness (QED) is 0.0245. The standard InChI is InChI=1S/2C21H32P.2C11H12P.2ClH.2Ti/c2*1-3-5-7-11-15-22(16-12-8-6-4-2)21-17-19-13-9-10-14-20(19)18-21;2*1-12(2)11-7-9-5-3-4-6-10(9)8-11;;;;/h2*9-10,13-14,17-18H,3-8,11-12,15-16H2,1-2H3;2*3-8H,1-2H3;2*1H;;/q4*-1;;;2*+2/p-2. The second-order valence-corrected chi connectivity index (χ2v) is 29.0. The number of hydrogen-bond acceptors (Lipinski definition) is 0. The predicted molar refractivity (Wildman–Crippen MR) is 324 cm³/mol. The molecule has 0 nitrogen and oxygen atoms in total. The van der Waals surface area contributed by atoms with E-state index in [1.54, 1.807) is 10.6 Å². The Hall–Kier alpha value is -0.951. The van der Waals surface area contributed by atoms with Gasteiger partial charge in [0.1, 0.15) is 0 Å². The van der Waals surface area contributed by atoms with Crippen molar-refractivity contribution in [2.75, 3.05) is 51.3 Å². The van der Waals surface area contributed by atoms with Gasteiger partial charge in [-0.25, -0.2) is 0 Å². The Balaban J connectivity index is 0.000000487. The first-order valence-corrected chi connectivity index (χ1v) is 34.6. The molecule has 0 saturated heterocycles. The van der Waals surface area contributed by atoms with Gasteiger partial charge in [0.05, 0.1) is 0 Å². The third kappa shape index (κ3) is 24.2. The molecule has 0 N–H and O–H groups in total. The molecule has 0 radical (unpaired) electrons. The van der Waals surface area contributed by atoms with Crippen LogP contribution in [0.3, 0.4) is 0 Å². The Kier molecular flexibility index (Phi) is 38.6. The van der Waals surface area contributed by atoms with Crippen LogP contribution in [0.2, 0.25) is 0 Å². The number of rotatable bonds is 24. The Morgan fingerprint density at radius 3 is 0.750 bits per heavy atom. The van der Waals surface area contributed by atoms with E-state index >= 15 is 0 Å². The van der Waals surface area contributed by atoms with Crippen molar-refractivity contribution in [2.24, 2.45) is 0 Å². The summed E-state index contributed by atoms with van der Waals surface area (Å²) in [5, 5.41) is 17.6. The van der Waals surface area contributed by atoms with Gasteiger partial charge in [-0.3, -0.25) is 0 Å². The summed E-state index contributed by atoms with van der Waals surface area (Å²) in [7, 11) is 0.244. The van der Waals surface area contributed by atoms with Crippen LogP contribution in [0.5, 0.6) is 0 Å². The SMILES string of the molecule is CCCCCCP(CCCCCC)c1cc2ccccc2[cH-]1.CCCCCCP(CCCCCC)c1cc2ccccc2[cH-]1.CP(C)c1cc2ccccc2[cH-]1.CP(C)c1cc2ccccc2[cH-]1.[Cl-].[Cl-].[Ti+2].[Ti+2]. The monoisotopic (exact) mass is 1150 g/mol. The zero-order chi connectivity index (χ0) is 48.4. The summed E-state index contributed by atoms with van der Waals surface area (Å²) in [4.78, 5) is 0. The normalized spacial score (nSPS) is 10.8. The van der Waals surface area contributed by atoms with Crippen molar-refractivity contribution >= 4 is 96.0 Å². The second-order valence-electron chi connectivity index (χ2n) is 19.4. The minimum Gasteiger partial charge on any atom is -1.00 e. The van der Waals surface area contributed by atoms with Gasteiger partial charge < -0.3 is 24.8 Å². The van der Waals surface area contributed by atoms with Crippen LogP contribution in [0.25, 0.3) is 43.1 Å². The fraction of sp³-hybridized carbons (Fsp3) is 0.438. The molecule has 8 heteroatoms. The third-order valence-electron chi connectivity index (χ3n) is 13.3. The molecule has 0 spiro atoms. The molecule has 0 aliphatic rings. The summed E-state index contributed by atoms with van der Waals surface area (Å²) >= 11 is 0. The first kappa shape index (κ1) is 69.1. The Bertz CT molecular complexity index is 2220. The molecule has 0 aliphatic carbocycles. The van der Waals surface area contributed by atoms with E-state index in [1.807, 2.05) is 0 Å². The van der Waals surface area contributed by atoms with Crippen molar-refractivity contribution in [1.82, 2.24) is 0 Å². The van der Waals surface area contributed by atoms with E-state index < -0.39 is 0 Å². The molecule has 0 fully saturated rings. The maximum absolute atomic E-state index is 2.47. The molecule has 0 amide bonds. The molecule has 388 valence electrons. The van der Waals surface area contributed by atoms with Crippen molar-refractivity contribution < 1.29 is 68.2 Å². The van der Waals surface area contributed by atoms with Crippen LogP contribution in [-0.2, 0) is 43.4 Å². The van der Waals surface area contributed by atoms with Gasteiger partial charge >= 0.3 is 43.4 Å². The summed E-state index contributed by atoms with van der Waals surface area (Å²) in [6.45, 7) is 18.4. The molecular formula is C64H88Cl2P4Ti2-2. The molecule has 0 saturated carbocycles. The molecule has 72 heavy (non-hydrogen) atoms. The van der Waals surface area contributed by atoms with Gasteiger partial charge in [-0.2, -0.15) is 24.3 Å². The fourth-order valence-electron chi connectivity index (χ4n) is 9.08. The van der Waals surface area contributed by atoms with Crippen LogP contribution in [0, 0.1) is 0 Å². The number of halogens is 2. The van der Waals surface area contributed by atoms with Crippen LogP contribution in [-0.4, -0.2) is 51.3 Å². The topological polar surface area (TPSA) is 0 Å². The maximum Gasteiger partial charge on any atom is 2.00 e. The molecule has 8 aromatic rings. The van der Waals surface area contributed by atoms with Gasteiger partial charge in [-0.05, 0) is 77.0 Å². The van der Waals surface area contributed by atoms with Crippen molar-refractivity contribution in [1.29, 1.82) is 0 Å². The van der Waals surface area contributed by atoms with E-state index in [9.17, 15) is 0 Å². The van der Waals surface area contributed by atoms with Crippen molar-refractivity contribution in [3.8, 4) is 0 Å². The fourth-order valence-corrected chi connectivity index (χ4v) is 15.9. The molecule has 0 atom stereocenters. The van der Waals surface area contributed by atoms with Gasteiger partial charge in [0.25, 0.3) is 0 Å². The Morgan fingerprint density at radius 1 is 0.306 bits per heavy atom. The Morgan fingerprint density at radius 2 is 0.528 bits per heavy atom. The van der Waals surface area contributed by atoms with E-state index in [2.05, 4.69) is 200 Å². The number of unbranched alkanes of at least 4 members (excludes halogenated alkanes) is 12. The summed E-state index contributed by atoms with van der Waals surface area (Å²) in [6, 6.07) is 53.9. The molecular weight excluding hydrogens is 1060 g/mol. The van der Waals surface area contributed by atoms with Crippen LogP contribution in [0.4, 0.5) is 0 Å². The van der Waals surface area contributed by atoms with E-state index in [0.717, 1.165) is 0 Å². The maximum atomic E-state index is 2.47. The molecule has 0 bridgehead atoms. The summed E-state index contributed by atoms with van der Waals surface area (Å²) < 4.78 is 0. The van der Waals surface area contributed by atoms with Gasteiger partial charge in [0.2, 0.25) is 0 Å². The summed E-state index contributed by atoms with van der Waals surface area (Å²) in [5.74, 6) is 0. The number of benzene rings is 4. The van der Waals surface area contributed by atoms with E-state index in [1.165, 1.54) is 181 Å². The number of hydrogen-bond donors (Lipinski definition) is 0. The van der Waals surface area contributed by atoms with Crippen LogP contribution in [0.1, 0.15) is 130 Å². The zero-order valence-electron chi connectivity index (χ0n) is 45.5. The predicted octanol–water partition coefficient (Wildman–Crippen LogP) is 13.5. The largest absolute Gasteiger partial charge is 2.00 e. The van der Waals surface area contributed by atoms with Crippen LogP contribution < -0.4 is 46.0 Å². The van der Waals surface area contributed by atoms with Crippen molar-refractivity contribution in [2.45, 2.75) is 130 Å². The van der Waals surface area contributed by atoms with Crippen LogP contribution >= 0.6 is 31.7 Å². The third-order valence-corrected chi connectivity index (χ3v) is 21.3. The molecule has 0 heterocycles. The van der Waals surface area contributed by atoms with E-state index in [4.69, 9.17) is 0 Å². The Labute approximate surface area is 487 Å². The van der Waals surface area contributed by atoms with E-state index in [-0.39, 0.29) is 99.9 Å². The average Bonchev–Trinajstić information content (AvgIpc) is 4.18. The van der Waals surface area contributed by atoms with Gasteiger partial charge in [-0.15, -0.1) is 177 Å². The summed E-state index contributed by atoms with van der Waals surface area (Å²) in [6.07, 6.45) is 28.1. The van der Waals surface area contributed by atoms with Crippen molar-refractivity contribution in [3.63, 3.8) is 0 Å².